The number of benzene rings is 8. The number of nitrogens with zero attached hydrogens (tertiary/aromatic N) is 3. The van der Waals surface area contributed by atoms with Gasteiger partial charge >= 0.3 is 0 Å². The summed E-state index contributed by atoms with van der Waals surface area (Å²) in [6.45, 7) is 6.49. The molecule has 0 saturated carbocycles. The minimum absolute atomic E-state index is 0.664. The standard InChI is InChI=1S/C48H35N3.C7H8/c1-31-15-12-13-23-39(31)41-27-36(26-25-32(41)2)42-29-38(33-16-6-3-7-17-33)30-44-43(42)28-37-22-14-24-40(45(37)44)48-50-46(34-18-8-4-9-19-34)49-47(51-48)35-20-10-5-11-21-35;1-7-5-3-2-4-6-7/h3-27,29-30H,28H2,1-2H3;2-6H,1H3. The van der Waals surface area contributed by atoms with E-state index in [1.165, 1.54) is 72.3 Å². The molecule has 8 aromatic carbocycles. The van der Waals surface area contributed by atoms with Crippen LogP contribution in [0.4, 0.5) is 0 Å². The lowest BCUT2D eigenvalue weighted by Crippen LogP contribution is -2.01. The van der Waals surface area contributed by atoms with E-state index < -0.39 is 0 Å². The Kier molecular flexibility index (Phi) is 10.1. The van der Waals surface area contributed by atoms with Gasteiger partial charge in [0.15, 0.2) is 17.5 Å². The van der Waals surface area contributed by atoms with Crippen LogP contribution in [-0.4, -0.2) is 15.0 Å². The molecule has 0 fully saturated rings. The van der Waals surface area contributed by atoms with Crippen LogP contribution in [0.25, 0.3) is 78.7 Å². The zero-order valence-electron chi connectivity index (χ0n) is 33.0. The Morgan fingerprint density at radius 1 is 0.328 bits per heavy atom. The van der Waals surface area contributed by atoms with Crippen molar-refractivity contribution in [2.45, 2.75) is 27.2 Å². The molecule has 1 aliphatic rings. The Morgan fingerprint density at radius 3 is 1.43 bits per heavy atom. The number of hydrogen-bond donors (Lipinski definition) is 0. The summed E-state index contributed by atoms with van der Waals surface area (Å²) in [6, 6.07) is 68.3. The molecule has 0 atom stereocenters. The van der Waals surface area contributed by atoms with Gasteiger partial charge in [-0.2, -0.15) is 0 Å². The van der Waals surface area contributed by atoms with E-state index >= 15 is 0 Å². The van der Waals surface area contributed by atoms with Crippen LogP contribution in [0, 0.1) is 20.8 Å². The van der Waals surface area contributed by atoms with E-state index in [9.17, 15) is 0 Å². The van der Waals surface area contributed by atoms with Gasteiger partial charge in [-0.25, -0.2) is 15.0 Å². The smallest absolute Gasteiger partial charge is 0.164 e. The molecule has 10 rings (SSSR count). The summed E-state index contributed by atoms with van der Waals surface area (Å²) < 4.78 is 0. The molecule has 278 valence electrons. The first-order chi connectivity index (χ1) is 28.5. The van der Waals surface area contributed by atoms with Crippen molar-refractivity contribution < 1.29 is 0 Å². The summed E-state index contributed by atoms with van der Waals surface area (Å²) in [5.74, 6) is 2.01. The van der Waals surface area contributed by atoms with Gasteiger partial charge in [0.05, 0.1) is 0 Å². The van der Waals surface area contributed by atoms with Crippen LogP contribution in [0.15, 0.2) is 194 Å². The van der Waals surface area contributed by atoms with Crippen LogP contribution in [0.2, 0.25) is 0 Å². The van der Waals surface area contributed by atoms with Crippen molar-refractivity contribution in [2.24, 2.45) is 0 Å². The predicted molar refractivity (Wildman–Crippen MR) is 241 cm³/mol. The van der Waals surface area contributed by atoms with Gasteiger partial charge < -0.3 is 0 Å². The summed E-state index contributed by atoms with van der Waals surface area (Å²) in [5, 5.41) is 0. The molecule has 0 aliphatic heterocycles. The molecule has 9 aromatic rings. The summed E-state index contributed by atoms with van der Waals surface area (Å²) in [7, 11) is 0. The van der Waals surface area contributed by atoms with Gasteiger partial charge in [-0.3, -0.25) is 0 Å². The van der Waals surface area contributed by atoms with Crippen LogP contribution < -0.4 is 0 Å². The van der Waals surface area contributed by atoms with E-state index in [0.717, 1.165) is 23.1 Å². The van der Waals surface area contributed by atoms with Crippen LogP contribution in [-0.2, 0) is 6.42 Å². The molecular formula is C55H43N3. The molecule has 0 spiro atoms. The molecule has 1 aromatic heterocycles. The molecule has 1 heterocycles. The SMILES string of the molecule is Cc1ccccc1.Cc1ccccc1-c1cc(-c2cc(-c3ccccc3)cc3c2Cc2cccc(-c4nc(-c5ccccc5)nc(-c5ccccc5)n4)c2-3)ccc1C. The van der Waals surface area contributed by atoms with Crippen molar-refractivity contribution in [3.05, 3.63) is 222 Å². The molecule has 3 heteroatoms. The lowest BCUT2D eigenvalue weighted by Gasteiger charge is -2.17. The number of aromatic nitrogens is 3. The summed E-state index contributed by atoms with van der Waals surface area (Å²) in [5.41, 5.74) is 19.3. The minimum atomic E-state index is 0.664. The van der Waals surface area contributed by atoms with E-state index in [1.807, 2.05) is 54.6 Å². The maximum Gasteiger partial charge on any atom is 0.164 e. The fourth-order valence-electron chi connectivity index (χ4n) is 8.00. The Hall–Kier alpha value is -7.23. The molecule has 1 aliphatic carbocycles. The average Bonchev–Trinajstić information content (AvgIpc) is 3.67. The predicted octanol–water partition coefficient (Wildman–Crippen LogP) is 14.1. The number of aryl methyl sites for hydroxylation is 3. The number of fused-ring (bicyclic) bond motifs is 3. The maximum absolute atomic E-state index is 5.15. The molecule has 0 saturated heterocycles. The van der Waals surface area contributed by atoms with Gasteiger partial charge in [-0.05, 0) is 112 Å². The highest BCUT2D eigenvalue weighted by atomic mass is 15.0. The largest absolute Gasteiger partial charge is 0.208 e. The van der Waals surface area contributed by atoms with Gasteiger partial charge in [0.2, 0.25) is 0 Å². The first-order valence-electron chi connectivity index (χ1n) is 19.9. The second kappa shape index (κ2) is 16.1. The summed E-state index contributed by atoms with van der Waals surface area (Å²) in [4.78, 5) is 15.3. The normalized spacial score (nSPS) is 11.3. The van der Waals surface area contributed by atoms with E-state index in [-0.39, 0.29) is 0 Å². The van der Waals surface area contributed by atoms with Gasteiger partial charge in [0.1, 0.15) is 0 Å². The molecule has 0 unspecified atom stereocenters. The lowest BCUT2D eigenvalue weighted by atomic mass is 9.87. The average molecular weight is 746 g/mol. The molecule has 58 heavy (non-hydrogen) atoms. The molecular weight excluding hydrogens is 703 g/mol. The first kappa shape index (κ1) is 36.4. The van der Waals surface area contributed by atoms with Gasteiger partial charge in [0.25, 0.3) is 0 Å². The van der Waals surface area contributed by atoms with Crippen LogP contribution in [0.3, 0.4) is 0 Å². The lowest BCUT2D eigenvalue weighted by molar-refractivity contribution is 1.07. The molecule has 0 bridgehead atoms. The second-order valence-electron chi connectivity index (χ2n) is 15.0. The number of hydrogen-bond acceptors (Lipinski definition) is 3. The highest BCUT2D eigenvalue weighted by Crippen LogP contribution is 2.48. The third-order valence-electron chi connectivity index (χ3n) is 11.0. The highest BCUT2D eigenvalue weighted by Gasteiger charge is 2.28. The zero-order chi connectivity index (χ0) is 39.4. The third-order valence-corrected chi connectivity index (χ3v) is 11.0. The monoisotopic (exact) mass is 745 g/mol. The van der Waals surface area contributed by atoms with Crippen LogP contribution in [0.5, 0.6) is 0 Å². The van der Waals surface area contributed by atoms with Gasteiger partial charge in [0, 0.05) is 16.7 Å². The van der Waals surface area contributed by atoms with Gasteiger partial charge in [-0.1, -0.05) is 181 Å². The molecule has 3 nitrogen and oxygen atoms in total. The third kappa shape index (κ3) is 7.38. The maximum atomic E-state index is 5.15. The van der Waals surface area contributed by atoms with Crippen LogP contribution >= 0.6 is 0 Å². The van der Waals surface area contributed by atoms with Crippen molar-refractivity contribution >= 4 is 0 Å². The molecule has 0 radical (unpaired) electrons. The molecule has 0 N–H and O–H groups in total. The summed E-state index contributed by atoms with van der Waals surface area (Å²) in [6.07, 6.45) is 0.832. The number of rotatable bonds is 6. The topological polar surface area (TPSA) is 38.7 Å². The molecule has 0 amide bonds. The van der Waals surface area contributed by atoms with Crippen molar-refractivity contribution in [1.82, 2.24) is 15.0 Å². The highest BCUT2D eigenvalue weighted by molar-refractivity contribution is 5.96. The van der Waals surface area contributed by atoms with E-state index in [0.29, 0.717) is 17.5 Å². The Balaban J connectivity index is 0.000000565. The van der Waals surface area contributed by atoms with Crippen molar-refractivity contribution in [3.63, 3.8) is 0 Å². The Bertz CT molecular complexity index is 2810. The van der Waals surface area contributed by atoms with Gasteiger partial charge in [-0.15, -0.1) is 0 Å². The van der Waals surface area contributed by atoms with E-state index in [1.54, 1.807) is 0 Å². The minimum Gasteiger partial charge on any atom is -0.208 e. The van der Waals surface area contributed by atoms with Crippen molar-refractivity contribution in [2.75, 3.05) is 0 Å². The Morgan fingerprint density at radius 2 is 0.828 bits per heavy atom. The summed E-state index contributed by atoms with van der Waals surface area (Å²) >= 11 is 0. The van der Waals surface area contributed by atoms with E-state index in [4.69, 9.17) is 15.0 Å². The second-order valence-corrected chi connectivity index (χ2v) is 15.0. The van der Waals surface area contributed by atoms with Crippen molar-refractivity contribution in [3.8, 4) is 78.7 Å². The van der Waals surface area contributed by atoms with Crippen molar-refractivity contribution in [1.29, 1.82) is 0 Å². The van der Waals surface area contributed by atoms with E-state index in [2.05, 4.69) is 160 Å². The first-order valence-corrected chi connectivity index (χ1v) is 19.9. The fraction of sp³-hybridized carbons (Fsp3) is 0.0727. The quantitative estimate of drug-likeness (QED) is 0.170. The van der Waals surface area contributed by atoms with Crippen LogP contribution in [0.1, 0.15) is 27.8 Å². The fourth-order valence-corrected chi connectivity index (χ4v) is 8.00. The Labute approximate surface area is 341 Å². The zero-order valence-corrected chi connectivity index (χ0v) is 33.0.